The minimum absolute atomic E-state index is 0.0488. The van der Waals surface area contributed by atoms with E-state index in [-0.39, 0.29) is 25.1 Å². The summed E-state index contributed by atoms with van der Waals surface area (Å²) in [5.74, 6) is -4.20. The number of anilines is 1. The van der Waals surface area contributed by atoms with E-state index in [0.29, 0.717) is 22.4 Å². The summed E-state index contributed by atoms with van der Waals surface area (Å²) in [6, 6.07) is 3.96. The van der Waals surface area contributed by atoms with Crippen LogP contribution in [0.15, 0.2) is 35.1 Å². The second-order valence-corrected chi connectivity index (χ2v) is 10.5. The maximum Gasteiger partial charge on any atom is 0.326 e. The van der Waals surface area contributed by atoms with Crippen molar-refractivity contribution in [2.24, 2.45) is 0 Å². The van der Waals surface area contributed by atoms with E-state index in [2.05, 4.69) is 26.5 Å². The molecule has 0 bridgehead atoms. The number of nitrogens with zero attached hydrogens (tertiary/aromatic N) is 2. The minimum atomic E-state index is -1.63. The van der Waals surface area contributed by atoms with E-state index < -0.39 is 72.4 Å². The Kier molecular flexibility index (Phi) is 11.5. The Morgan fingerprint density at radius 1 is 1.00 bits per heavy atom. The average molecular weight is 638 g/mol. The molecule has 0 spiro atoms. The Labute approximate surface area is 261 Å². The number of H-pyrrole nitrogens is 1. The predicted molar refractivity (Wildman–Crippen MR) is 163 cm³/mol. The summed E-state index contributed by atoms with van der Waals surface area (Å²) in [4.78, 5) is 79.9. The molecule has 2 aromatic carbocycles. The molecule has 15 heteroatoms. The molecule has 1 heterocycles. The molecule has 0 aliphatic carbocycles. The van der Waals surface area contributed by atoms with Crippen LogP contribution in [-0.4, -0.2) is 73.6 Å². The van der Waals surface area contributed by atoms with Gasteiger partial charge in [-0.25, -0.2) is 19.0 Å². The Morgan fingerprint density at radius 2 is 1.65 bits per heavy atom. The Balaban J connectivity index is 1.72. The number of terminal acetylenes is 1. The molecule has 46 heavy (non-hydrogen) atoms. The number of hydrogen-bond donors (Lipinski definition) is 6. The average Bonchev–Trinajstić information content (AvgIpc) is 2.97. The van der Waals surface area contributed by atoms with E-state index in [1.54, 1.807) is 24.0 Å². The molecule has 242 valence electrons. The van der Waals surface area contributed by atoms with Crippen molar-refractivity contribution in [1.29, 1.82) is 0 Å². The zero-order valence-electron chi connectivity index (χ0n) is 24.9. The first kappa shape index (κ1) is 34.7. The number of aromatic nitrogens is 2. The summed E-state index contributed by atoms with van der Waals surface area (Å²) in [5.41, 5.74) is 1.59. The molecule has 2 amide bonds. The van der Waals surface area contributed by atoms with Crippen molar-refractivity contribution in [2.45, 2.75) is 58.2 Å². The fourth-order valence-electron chi connectivity index (χ4n) is 4.62. The second-order valence-electron chi connectivity index (χ2n) is 10.5. The number of hydrogen-bond acceptors (Lipinski definition) is 8. The number of carboxylic acid groups (broad SMARTS) is 3. The monoisotopic (exact) mass is 637 g/mol. The summed E-state index contributed by atoms with van der Waals surface area (Å²) in [7, 11) is 0. The molecule has 0 radical (unpaired) electrons. The second kappa shape index (κ2) is 15.3. The van der Waals surface area contributed by atoms with E-state index in [1.807, 2.05) is 6.92 Å². The number of rotatable bonds is 15. The van der Waals surface area contributed by atoms with Gasteiger partial charge in [-0.05, 0) is 68.1 Å². The van der Waals surface area contributed by atoms with Crippen molar-refractivity contribution < 1.29 is 43.7 Å². The maximum atomic E-state index is 15.2. The van der Waals surface area contributed by atoms with Crippen LogP contribution >= 0.6 is 0 Å². The summed E-state index contributed by atoms with van der Waals surface area (Å²) in [6.07, 6.45) is 3.67. The van der Waals surface area contributed by atoms with Crippen LogP contribution in [0, 0.1) is 32.0 Å². The number of aliphatic carboxylic acids is 3. The smallest absolute Gasteiger partial charge is 0.326 e. The van der Waals surface area contributed by atoms with Gasteiger partial charge in [0.05, 0.1) is 23.0 Å². The van der Waals surface area contributed by atoms with Crippen LogP contribution in [0.25, 0.3) is 10.9 Å². The quantitative estimate of drug-likeness (QED) is 0.132. The maximum absolute atomic E-state index is 15.2. The number of benzene rings is 2. The molecule has 0 aliphatic heterocycles. The number of carboxylic acids is 3. The first-order chi connectivity index (χ1) is 21.7. The van der Waals surface area contributed by atoms with Gasteiger partial charge >= 0.3 is 17.9 Å². The topological polar surface area (TPSA) is 219 Å². The molecule has 0 saturated heterocycles. The standard InChI is InChI=1S/C31H32FN5O9/c1-4-11-37(15-18-13-21-25(12-16(18)2)33-17(3)34-29(21)42)19-5-6-20(22(32)14-19)28(41)36-24(31(45)46)7-9-26(38)35-23(30(43)44)8-10-27(39)40/h1,5-6,12-14,23-24H,7-11,15H2,2-3H3,(H,35,38)(H,36,41)(H,39,40)(H,43,44)(H,45,46)(H,33,34,42). The van der Waals surface area contributed by atoms with E-state index in [0.717, 1.165) is 23.3 Å². The Hall–Kier alpha value is -5.78. The van der Waals surface area contributed by atoms with Gasteiger partial charge in [0.25, 0.3) is 11.5 Å². The summed E-state index contributed by atoms with van der Waals surface area (Å²) >= 11 is 0. The third-order valence-corrected chi connectivity index (χ3v) is 7.03. The molecule has 3 aromatic rings. The Bertz CT molecular complexity index is 1780. The zero-order valence-corrected chi connectivity index (χ0v) is 24.9. The lowest BCUT2D eigenvalue weighted by atomic mass is 10.0. The number of carbonyl (C=O) groups is 5. The Morgan fingerprint density at radius 3 is 2.26 bits per heavy atom. The lowest BCUT2D eigenvalue weighted by Crippen LogP contribution is -2.44. The van der Waals surface area contributed by atoms with Crippen LogP contribution in [0.1, 0.15) is 53.0 Å². The van der Waals surface area contributed by atoms with Crippen LogP contribution in [0.3, 0.4) is 0 Å². The first-order valence-corrected chi connectivity index (χ1v) is 14.0. The van der Waals surface area contributed by atoms with Gasteiger partial charge in [-0.1, -0.05) is 5.92 Å². The van der Waals surface area contributed by atoms with Gasteiger partial charge < -0.3 is 35.8 Å². The van der Waals surface area contributed by atoms with Crippen molar-refractivity contribution in [3.05, 3.63) is 69.0 Å². The molecular weight excluding hydrogens is 605 g/mol. The van der Waals surface area contributed by atoms with Gasteiger partial charge in [0.1, 0.15) is 23.7 Å². The highest BCUT2D eigenvalue weighted by atomic mass is 19.1. The normalized spacial score (nSPS) is 12.0. The van der Waals surface area contributed by atoms with Crippen molar-refractivity contribution in [3.8, 4) is 12.3 Å². The number of fused-ring (bicyclic) bond motifs is 1. The molecule has 6 N–H and O–H groups in total. The molecule has 2 atom stereocenters. The molecule has 2 unspecified atom stereocenters. The van der Waals surface area contributed by atoms with Crippen LogP contribution in [0.4, 0.5) is 10.1 Å². The SMILES string of the molecule is C#CCN(Cc1cc2c(=O)[nH]c(C)nc2cc1C)c1ccc(C(=O)NC(CCC(=O)NC(CCC(=O)O)C(=O)O)C(=O)O)c(F)c1. The van der Waals surface area contributed by atoms with Crippen LogP contribution < -0.4 is 21.1 Å². The highest BCUT2D eigenvalue weighted by molar-refractivity contribution is 5.97. The van der Waals surface area contributed by atoms with Crippen LogP contribution in [-0.2, 0) is 25.7 Å². The summed E-state index contributed by atoms with van der Waals surface area (Å²) in [6.45, 7) is 3.74. The zero-order chi connectivity index (χ0) is 34.1. The molecule has 0 fully saturated rings. The van der Waals surface area contributed by atoms with Gasteiger partial charge in [-0.3, -0.25) is 19.2 Å². The van der Waals surface area contributed by atoms with Gasteiger partial charge in [0, 0.05) is 25.1 Å². The number of nitrogens with one attached hydrogen (secondary N) is 3. The van der Waals surface area contributed by atoms with Crippen LogP contribution in [0.2, 0.25) is 0 Å². The first-order valence-electron chi connectivity index (χ1n) is 14.0. The number of amides is 2. The van der Waals surface area contributed by atoms with Gasteiger partial charge in [-0.2, -0.15) is 0 Å². The van der Waals surface area contributed by atoms with Crippen LogP contribution in [0.5, 0.6) is 0 Å². The third kappa shape index (κ3) is 9.11. The molecule has 1 aromatic heterocycles. The molecule has 14 nitrogen and oxygen atoms in total. The summed E-state index contributed by atoms with van der Waals surface area (Å²) < 4.78 is 15.2. The fraction of sp³-hybridized carbons (Fsp3) is 0.323. The molecular formula is C31H32FN5O9. The number of aryl methyl sites for hydroxylation is 2. The van der Waals surface area contributed by atoms with Crippen molar-refractivity contribution >= 4 is 46.3 Å². The lowest BCUT2D eigenvalue weighted by Gasteiger charge is -2.24. The third-order valence-electron chi connectivity index (χ3n) is 7.03. The number of halogens is 1. The van der Waals surface area contributed by atoms with Gasteiger partial charge in [0.2, 0.25) is 5.91 Å². The molecule has 3 rings (SSSR count). The van der Waals surface area contributed by atoms with Crippen molar-refractivity contribution in [1.82, 2.24) is 20.6 Å². The number of carbonyl (C=O) groups excluding carboxylic acids is 2. The minimum Gasteiger partial charge on any atom is -0.481 e. The van der Waals surface area contributed by atoms with Gasteiger partial charge in [-0.15, -0.1) is 6.42 Å². The van der Waals surface area contributed by atoms with Crippen molar-refractivity contribution in [3.63, 3.8) is 0 Å². The summed E-state index contributed by atoms with van der Waals surface area (Å²) in [5, 5.41) is 32.1. The highest BCUT2D eigenvalue weighted by Gasteiger charge is 2.26. The molecule has 0 aliphatic rings. The largest absolute Gasteiger partial charge is 0.481 e. The van der Waals surface area contributed by atoms with E-state index in [4.69, 9.17) is 11.5 Å². The highest BCUT2D eigenvalue weighted by Crippen LogP contribution is 2.24. The van der Waals surface area contributed by atoms with Gasteiger partial charge in [0.15, 0.2) is 0 Å². The lowest BCUT2D eigenvalue weighted by molar-refractivity contribution is -0.143. The van der Waals surface area contributed by atoms with E-state index >= 15 is 4.39 Å². The van der Waals surface area contributed by atoms with E-state index in [1.165, 1.54) is 6.07 Å². The van der Waals surface area contributed by atoms with E-state index in [9.17, 15) is 39.0 Å². The van der Waals surface area contributed by atoms with Crippen molar-refractivity contribution in [2.75, 3.05) is 11.4 Å². The number of aromatic amines is 1. The molecule has 0 saturated carbocycles. The predicted octanol–water partition coefficient (Wildman–Crippen LogP) is 1.72. The fourth-order valence-corrected chi connectivity index (χ4v) is 4.62.